The number of nitrogens with zero attached hydrogens (tertiary/aromatic N) is 2. The average Bonchev–Trinajstić information content (AvgIpc) is 2.59. The SMILES string of the molecule is CN1C(=O)COc2c(C(=O)NC34CCN(CC3)CC4)cc(Cl)cc21. The quantitative estimate of drug-likeness (QED) is 0.882. The summed E-state index contributed by atoms with van der Waals surface area (Å²) in [6.45, 7) is 3.02. The third kappa shape index (κ3) is 2.54. The Hall–Kier alpha value is -1.79. The average molecular weight is 350 g/mol. The van der Waals surface area contributed by atoms with E-state index in [1.807, 2.05) is 0 Å². The summed E-state index contributed by atoms with van der Waals surface area (Å²) in [4.78, 5) is 28.7. The molecule has 128 valence electrons. The Morgan fingerprint density at radius 2 is 1.92 bits per heavy atom. The van der Waals surface area contributed by atoms with Gasteiger partial charge in [-0.25, -0.2) is 0 Å². The van der Waals surface area contributed by atoms with Crippen LogP contribution in [0.1, 0.15) is 29.6 Å². The van der Waals surface area contributed by atoms with Crippen molar-refractivity contribution in [1.29, 1.82) is 0 Å². The number of hydrogen-bond donors (Lipinski definition) is 1. The van der Waals surface area contributed by atoms with E-state index in [4.69, 9.17) is 16.3 Å². The molecule has 1 N–H and O–H groups in total. The Morgan fingerprint density at radius 1 is 1.25 bits per heavy atom. The highest BCUT2D eigenvalue weighted by molar-refractivity contribution is 6.31. The molecule has 0 saturated carbocycles. The highest BCUT2D eigenvalue weighted by Gasteiger charge is 2.41. The first-order chi connectivity index (χ1) is 11.5. The number of hydrogen-bond acceptors (Lipinski definition) is 4. The molecule has 3 fully saturated rings. The normalized spacial score (nSPS) is 28.3. The predicted octanol–water partition coefficient (Wildman–Crippen LogP) is 1.66. The molecule has 4 heterocycles. The second kappa shape index (κ2) is 5.63. The minimum Gasteiger partial charge on any atom is -0.481 e. The molecular weight excluding hydrogens is 330 g/mol. The number of carbonyl (C=O) groups is 2. The largest absolute Gasteiger partial charge is 0.481 e. The molecule has 2 bridgehead atoms. The first-order valence-corrected chi connectivity index (χ1v) is 8.63. The molecule has 0 aromatic heterocycles. The lowest BCUT2D eigenvalue weighted by Crippen LogP contribution is -2.61. The maximum atomic E-state index is 12.9. The smallest absolute Gasteiger partial charge is 0.264 e. The molecule has 3 saturated heterocycles. The summed E-state index contributed by atoms with van der Waals surface area (Å²) >= 11 is 6.18. The fourth-order valence-corrected chi connectivity index (χ4v) is 4.05. The molecule has 0 atom stereocenters. The van der Waals surface area contributed by atoms with Crippen LogP contribution in [0.5, 0.6) is 5.75 Å². The van der Waals surface area contributed by atoms with Crippen molar-refractivity contribution >= 4 is 29.1 Å². The van der Waals surface area contributed by atoms with E-state index in [9.17, 15) is 9.59 Å². The fourth-order valence-electron chi connectivity index (χ4n) is 3.84. The van der Waals surface area contributed by atoms with Crippen LogP contribution in [0.25, 0.3) is 0 Å². The van der Waals surface area contributed by atoms with Gasteiger partial charge in [0.1, 0.15) is 0 Å². The first-order valence-electron chi connectivity index (χ1n) is 8.25. The number of amides is 2. The molecule has 4 aliphatic heterocycles. The Kier molecular flexibility index (Phi) is 3.69. The Morgan fingerprint density at radius 3 is 2.58 bits per heavy atom. The summed E-state index contributed by atoms with van der Waals surface area (Å²) in [5.41, 5.74) is 0.816. The predicted molar refractivity (Wildman–Crippen MR) is 90.8 cm³/mol. The van der Waals surface area contributed by atoms with Crippen LogP contribution in [0.3, 0.4) is 0 Å². The van der Waals surface area contributed by atoms with Crippen molar-refractivity contribution in [2.45, 2.75) is 24.8 Å². The van der Waals surface area contributed by atoms with Gasteiger partial charge in [0, 0.05) is 37.2 Å². The van der Waals surface area contributed by atoms with Gasteiger partial charge in [0.05, 0.1) is 11.3 Å². The second-order valence-electron chi connectivity index (χ2n) is 6.87. The molecule has 1 aromatic carbocycles. The Balaban J connectivity index is 1.65. The molecule has 2 amide bonds. The molecule has 0 spiro atoms. The number of nitrogens with one attached hydrogen (secondary N) is 1. The molecular formula is C17H20ClN3O3. The van der Waals surface area contributed by atoms with Gasteiger partial charge >= 0.3 is 0 Å². The van der Waals surface area contributed by atoms with Gasteiger partial charge < -0.3 is 19.9 Å². The van der Waals surface area contributed by atoms with E-state index >= 15 is 0 Å². The molecule has 7 heteroatoms. The maximum Gasteiger partial charge on any atom is 0.264 e. The van der Waals surface area contributed by atoms with Gasteiger partial charge in [-0.2, -0.15) is 0 Å². The summed E-state index contributed by atoms with van der Waals surface area (Å²) in [7, 11) is 1.66. The summed E-state index contributed by atoms with van der Waals surface area (Å²) in [5.74, 6) is 0.102. The van der Waals surface area contributed by atoms with Gasteiger partial charge in [-0.3, -0.25) is 9.59 Å². The first kappa shape index (κ1) is 15.7. The van der Waals surface area contributed by atoms with E-state index in [1.165, 1.54) is 4.90 Å². The number of ether oxygens (including phenoxy) is 1. The summed E-state index contributed by atoms with van der Waals surface area (Å²) in [6.07, 6.45) is 2.92. The molecule has 0 unspecified atom stereocenters. The number of benzene rings is 1. The van der Waals surface area contributed by atoms with Crippen molar-refractivity contribution in [2.24, 2.45) is 0 Å². The van der Waals surface area contributed by atoms with Crippen LogP contribution in [0.4, 0.5) is 5.69 Å². The van der Waals surface area contributed by atoms with E-state index in [0.29, 0.717) is 22.0 Å². The number of rotatable bonds is 2. The zero-order valence-corrected chi connectivity index (χ0v) is 14.4. The lowest BCUT2D eigenvalue weighted by Gasteiger charge is -2.48. The van der Waals surface area contributed by atoms with Crippen molar-refractivity contribution in [1.82, 2.24) is 10.2 Å². The molecule has 24 heavy (non-hydrogen) atoms. The Bertz CT molecular complexity index is 700. The van der Waals surface area contributed by atoms with Crippen LogP contribution in [0.15, 0.2) is 12.1 Å². The van der Waals surface area contributed by atoms with Crippen LogP contribution < -0.4 is 15.0 Å². The second-order valence-corrected chi connectivity index (χ2v) is 7.31. The Labute approximate surface area is 145 Å². The third-order valence-electron chi connectivity index (χ3n) is 5.45. The minimum atomic E-state index is -0.174. The number of halogens is 1. The van der Waals surface area contributed by atoms with Crippen molar-refractivity contribution < 1.29 is 14.3 Å². The molecule has 0 aliphatic carbocycles. The topological polar surface area (TPSA) is 61.9 Å². The molecule has 1 aromatic rings. The summed E-state index contributed by atoms with van der Waals surface area (Å²) < 4.78 is 5.56. The number of anilines is 1. The standard InChI is InChI=1S/C17H20ClN3O3/c1-20-13-9-11(18)8-12(15(13)24-10-14(20)22)16(23)19-17-2-5-21(6-3-17)7-4-17/h8-9H,2-7,10H2,1H3,(H,19,23). The van der Waals surface area contributed by atoms with Gasteiger partial charge in [0.15, 0.2) is 12.4 Å². The van der Waals surface area contributed by atoms with E-state index in [0.717, 1.165) is 38.9 Å². The van der Waals surface area contributed by atoms with E-state index < -0.39 is 0 Å². The van der Waals surface area contributed by atoms with Gasteiger partial charge in [-0.05, 0) is 31.4 Å². The maximum absolute atomic E-state index is 12.9. The fraction of sp³-hybridized carbons (Fsp3) is 0.529. The van der Waals surface area contributed by atoms with Gasteiger partial charge in [0.2, 0.25) is 0 Å². The van der Waals surface area contributed by atoms with Gasteiger partial charge in [0.25, 0.3) is 11.8 Å². The number of likely N-dealkylation sites (N-methyl/N-ethyl adjacent to an activating group) is 1. The van der Waals surface area contributed by atoms with Crippen molar-refractivity contribution in [2.75, 3.05) is 38.2 Å². The summed E-state index contributed by atoms with van der Waals surface area (Å²) in [5, 5.41) is 3.65. The zero-order chi connectivity index (χ0) is 16.9. The van der Waals surface area contributed by atoms with E-state index in [-0.39, 0.29) is 24.0 Å². The van der Waals surface area contributed by atoms with Crippen LogP contribution >= 0.6 is 11.6 Å². The highest BCUT2D eigenvalue weighted by atomic mass is 35.5. The highest BCUT2D eigenvalue weighted by Crippen LogP contribution is 2.38. The molecule has 5 rings (SSSR count). The number of fused-ring (bicyclic) bond motifs is 4. The van der Waals surface area contributed by atoms with Crippen LogP contribution in [-0.2, 0) is 4.79 Å². The number of piperidine rings is 3. The molecule has 6 nitrogen and oxygen atoms in total. The monoisotopic (exact) mass is 349 g/mol. The molecule has 4 aliphatic rings. The van der Waals surface area contributed by atoms with E-state index in [1.54, 1.807) is 19.2 Å². The van der Waals surface area contributed by atoms with Crippen LogP contribution in [0.2, 0.25) is 5.02 Å². The molecule has 0 radical (unpaired) electrons. The van der Waals surface area contributed by atoms with Crippen LogP contribution in [-0.4, -0.2) is 55.5 Å². The van der Waals surface area contributed by atoms with Gasteiger partial charge in [-0.1, -0.05) is 11.6 Å². The van der Waals surface area contributed by atoms with Crippen molar-refractivity contribution in [3.05, 3.63) is 22.7 Å². The van der Waals surface area contributed by atoms with Crippen molar-refractivity contribution in [3.63, 3.8) is 0 Å². The summed E-state index contributed by atoms with van der Waals surface area (Å²) in [6, 6.07) is 3.27. The van der Waals surface area contributed by atoms with E-state index in [2.05, 4.69) is 10.2 Å². The lowest BCUT2D eigenvalue weighted by atomic mass is 9.80. The third-order valence-corrected chi connectivity index (χ3v) is 5.67. The minimum absolute atomic E-state index is 0.0640. The van der Waals surface area contributed by atoms with Crippen molar-refractivity contribution in [3.8, 4) is 5.75 Å². The lowest BCUT2D eigenvalue weighted by molar-refractivity contribution is -0.121. The zero-order valence-electron chi connectivity index (χ0n) is 13.6. The number of carbonyl (C=O) groups excluding carboxylic acids is 2. The van der Waals surface area contributed by atoms with Crippen LogP contribution in [0, 0.1) is 0 Å². The van der Waals surface area contributed by atoms with Gasteiger partial charge in [-0.15, -0.1) is 0 Å².